The zero-order valence-corrected chi connectivity index (χ0v) is 9.34. The lowest BCUT2D eigenvalue weighted by Crippen LogP contribution is -2.08. The van der Waals surface area contributed by atoms with Gasteiger partial charge < -0.3 is 0 Å². The molecule has 0 amide bonds. The molecule has 0 aromatic carbocycles. The SMILES string of the molecule is CC1=CC=C(C2=CCCCC2C)CC1. The highest BCUT2D eigenvalue weighted by Crippen LogP contribution is 2.33. The van der Waals surface area contributed by atoms with E-state index in [4.69, 9.17) is 0 Å². The van der Waals surface area contributed by atoms with E-state index in [-0.39, 0.29) is 0 Å². The highest BCUT2D eigenvalue weighted by Gasteiger charge is 2.17. The molecule has 76 valence electrons. The summed E-state index contributed by atoms with van der Waals surface area (Å²) in [6.07, 6.45) is 13.7. The monoisotopic (exact) mass is 188 g/mol. The normalized spacial score (nSPS) is 27.9. The third-order valence-corrected chi connectivity index (χ3v) is 3.46. The fraction of sp³-hybridized carbons (Fsp3) is 0.571. The lowest BCUT2D eigenvalue weighted by molar-refractivity contribution is 0.552. The summed E-state index contributed by atoms with van der Waals surface area (Å²) in [5.41, 5.74) is 4.76. The zero-order chi connectivity index (χ0) is 9.97. The molecule has 0 fully saturated rings. The summed E-state index contributed by atoms with van der Waals surface area (Å²) in [5, 5.41) is 0. The summed E-state index contributed by atoms with van der Waals surface area (Å²) in [5.74, 6) is 0.793. The second kappa shape index (κ2) is 4.16. The Labute approximate surface area is 87.4 Å². The molecule has 0 aromatic heterocycles. The topological polar surface area (TPSA) is 0 Å². The molecular formula is C14H20. The first-order chi connectivity index (χ1) is 6.77. The van der Waals surface area contributed by atoms with E-state index in [0.717, 1.165) is 5.92 Å². The van der Waals surface area contributed by atoms with E-state index in [1.54, 1.807) is 11.1 Å². The Kier molecular flexibility index (Phi) is 2.90. The number of hydrogen-bond donors (Lipinski definition) is 0. The molecule has 0 aliphatic heterocycles. The minimum absolute atomic E-state index is 0.793. The molecule has 2 rings (SSSR count). The molecule has 0 bridgehead atoms. The molecule has 0 saturated carbocycles. The van der Waals surface area contributed by atoms with Crippen LogP contribution in [0.4, 0.5) is 0 Å². The smallest absolute Gasteiger partial charge is 0.0191 e. The van der Waals surface area contributed by atoms with Crippen LogP contribution in [0, 0.1) is 5.92 Å². The fourth-order valence-corrected chi connectivity index (χ4v) is 2.47. The van der Waals surface area contributed by atoms with Crippen molar-refractivity contribution in [2.24, 2.45) is 5.92 Å². The van der Waals surface area contributed by atoms with Gasteiger partial charge in [0.1, 0.15) is 0 Å². The van der Waals surface area contributed by atoms with Gasteiger partial charge in [0.2, 0.25) is 0 Å². The van der Waals surface area contributed by atoms with Gasteiger partial charge in [0, 0.05) is 0 Å². The van der Waals surface area contributed by atoms with Crippen molar-refractivity contribution in [3.8, 4) is 0 Å². The van der Waals surface area contributed by atoms with Crippen molar-refractivity contribution in [1.29, 1.82) is 0 Å². The molecule has 1 atom stereocenters. The van der Waals surface area contributed by atoms with Gasteiger partial charge in [-0.1, -0.05) is 30.7 Å². The highest BCUT2D eigenvalue weighted by atomic mass is 14.2. The fourth-order valence-electron chi connectivity index (χ4n) is 2.47. The maximum Gasteiger partial charge on any atom is -0.0191 e. The Morgan fingerprint density at radius 3 is 2.71 bits per heavy atom. The Balaban J connectivity index is 2.18. The first kappa shape index (κ1) is 9.76. The van der Waals surface area contributed by atoms with E-state index in [0.29, 0.717) is 0 Å². The molecule has 0 radical (unpaired) electrons. The molecule has 0 aromatic rings. The van der Waals surface area contributed by atoms with Gasteiger partial charge in [-0.2, -0.15) is 0 Å². The molecule has 2 aliphatic rings. The second-order valence-electron chi connectivity index (χ2n) is 4.70. The Bertz CT molecular complexity index is 302. The van der Waals surface area contributed by atoms with Crippen LogP contribution in [-0.2, 0) is 0 Å². The molecule has 0 spiro atoms. The van der Waals surface area contributed by atoms with Crippen molar-refractivity contribution >= 4 is 0 Å². The van der Waals surface area contributed by atoms with Crippen molar-refractivity contribution in [2.75, 3.05) is 0 Å². The van der Waals surface area contributed by atoms with Crippen molar-refractivity contribution in [1.82, 2.24) is 0 Å². The molecule has 0 nitrogen and oxygen atoms in total. The van der Waals surface area contributed by atoms with Gasteiger partial charge in [0.05, 0.1) is 0 Å². The predicted octanol–water partition coefficient (Wildman–Crippen LogP) is 4.40. The van der Waals surface area contributed by atoms with Crippen molar-refractivity contribution < 1.29 is 0 Å². The minimum Gasteiger partial charge on any atom is -0.0808 e. The molecular weight excluding hydrogens is 168 g/mol. The van der Waals surface area contributed by atoms with Crippen LogP contribution in [0.15, 0.2) is 34.9 Å². The maximum atomic E-state index is 2.47. The number of hydrogen-bond acceptors (Lipinski definition) is 0. The van der Waals surface area contributed by atoms with Gasteiger partial charge in [-0.15, -0.1) is 0 Å². The third-order valence-electron chi connectivity index (χ3n) is 3.46. The lowest BCUT2D eigenvalue weighted by atomic mass is 9.81. The molecule has 2 aliphatic carbocycles. The Morgan fingerprint density at radius 2 is 2.07 bits per heavy atom. The van der Waals surface area contributed by atoms with E-state index >= 15 is 0 Å². The summed E-state index contributed by atoms with van der Waals surface area (Å²) in [6, 6.07) is 0. The molecule has 0 saturated heterocycles. The van der Waals surface area contributed by atoms with Gasteiger partial charge in [0.15, 0.2) is 0 Å². The third kappa shape index (κ3) is 2.00. The summed E-state index contributed by atoms with van der Waals surface area (Å²) < 4.78 is 0. The van der Waals surface area contributed by atoms with E-state index in [2.05, 4.69) is 32.1 Å². The molecule has 1 unspecified atom stereocenters. The average molecular weight is 188 g/mol. The average Bonchev–Trinajstić information content (AvgIpc) is 2.20. The van der Waals surface area contributed by atoms with Crippen molar-refractivity contribution in [3.05, 3.63) is 34.9 Å². The first-order valence-corrected chi connectivity index (χ1v) is 5.84. The summed E-state index contributed by atoms with van der Waals surface area (Å²) in [6.45, 7) is 4.60. The van der Waals surface area contributed by atoms with Crippen LogP contribution in [0.3, 0.4) is 0 Å². The van der Waals surface area contributed by atoms with Gasteiger partial charge in [-0.3, -0.25) is 0 Å². The van der Waals surface area contributed by atoms with Crippen LogP contribution in [0.2, 0.25) is 0 Å². The molecule has 0 heterocycles. The molecule has 14 heavy (non-hydrogen) atoms. The maximum absolute atomic E-state index is 2.47. The van der Waals surface area contributed by atoms with Gasteiger partial charge >= 0.3 is 0 Å². The van der Waals surface area contributed by atoms with Crippen LogP contribution in [0.5, 0.6) is 0 Å². The summed E-state index contributed by atoms with van der Waals surface area (Å²) in [4.78, 5) is 0. The Morgan fingerprint density at radius 1 is 1.21 bits per heavy atom. The largest absolute Gasteiger partial charge is 0.0808 e. The quantitative estimate of drug-likeness (QED) is 0.572. The van der Waals surface area contributed by atoms with Crippen molar-refractivity contribution in [3.63, 3.8) is 0 Å². The van der Waals surface area contributed by atoms with Crippen LogP contribution in [0.25, 0.3) is 0 Å². The van der Waals surface area contributed by atoms with Gasteiger partial charge in [0.25, 0.3) is 0 Å². The number of allylic oxidation sites excluding steroid dienone is 6. The van der Waals surface area contributed by atoms with E-state index in [1.807, 2.05) is 0 Å². The second-order valence-corrected chi connectivity index (χ2v) is 4.70. The predicted molar refractivity (Wildman–Crippen MR) is 62.2 cm³/mol. The van der Waals surface area contributed by atoms with E-state index < -0.39 is 0 Å². The van der Waals surface area contributed by atoms with Gasteiger partial charge in [-0.25, -0.2) is 0 Å². The molecule has 0 N–H and O–H groups in total. The number of rotatable bonds is 1. The zero-order valence-electron chi connectivity index (χ0n) is 9.34. The highest BCUT2D eigenvalue weighted by molar-refractivity contribution is 5.39. The van der Waals surface area contributed by atoms with Crippen LogP contribution >= 0.6 is 0 Å². The lowest BCUT2D eigenvalue weighted by Gasteiger charge is -2.24. The standard InChI is InChI=1S/C14H20/c1-11-7-9-13(10-8-11)14-6-4-3-5-12(14)2/h6-7,9,12H,3-5,8,10H2,1-2H3. The Hall–Kier alpha value is -0.780. The van der Waals surface area contributed by atoms with E-state index in [1.165, 1.54) is 37.7 Å². The van der Waals surface area contributed by atoms with Crippen LogP contribution < -0.4 is 0 Å². The van der Waals surface area contributed by atoms with Gasteiger partial charge in [-0.05, 0) is 56.1 Å². The van der Waals surface area contributed by atoms with Crippen molar-refractivity contribution in [2.45, 2.75) is 46.0 Å². The van der Waals surface area contributed by atoms with Crippen LogP contribution in [-0.4, -0.2) is 0 Å². The first-order valence-electron chi connectivity index (χ1n) is 5.84. The van der Waals surface area contributed by atoms with E-state index in [9.17, 15) is 0 Å². The summed E-state index contributed by atoms with van der Waals surface area (Å²) >= 11 is 0. The summed E-state index contributed by atoms with van der Waals surface area (Å²) in [7, 11) is 0. The molecule has 0 heteroatoms. The minimum atomic E-state index is 0.793. The van der Waals surface area contributed by atoms with Crippen LogP contribution in [0.1, 0.15) is 46.0 Å².